The van der Waals surface area contributed by atoms with Gasteiger partial charge in [-0.3, -0.25) is 4.79 Å². The highest BCUT2D eigenvalue weighted by atomic mass is 35.5. The maximum Gasteiger partial charge on any atom is 0.273 e. The van der Waals surface area contributed by atoms with E-state index in [0.717, 1.165) is 18.5 Å². The second-order valence-electron chi connectivity index (χ2n) is 4.14. The lowest BCUT2D eigenvalue weighted by Crippen LogP contribution is -2.16. The molecule has 0 unspecified atom stereocenters. The zero-order valence-electron chi connectivity index (χ0n) is 10.7. The first kappa shape index (κ1) is 15.4. The van der Waals surface area contributed by atoms with Gasteiger partial charge in [0.1, 0.15) is 10.6 Å². The van der Waals surface area contributed by atoms with E-state index in [2.05, 4.69) is 10.3 Å². The molecule has 2 aromatic rings. The normalized spacial score (nSPS) is 11.4. The fourth-order valence-corrected chi connectivity index (χ4v) is 2.91. The number of aryl methyl sites for hydroxylation is 1. The van der Waals surface area contributed by atoms with Crippen molar-refractivity contribution < 1.29 is 17.6 Å². The third kappa shape index (κ3) is 3.20. The molecule has 0 atom stereocenters. The van der Waals surface area contributed by atoms with Crippen LogP contribution in [0.1, 0.15) is 10.5 Å². The summed E-state index contributed by atoms with van der Waals surface area (Å²) in [5.41, 5.74) is 0.140. The number of sulfonamides is 1. The van der Waals surface area contributed by atoms with Crippen LogP contribution < -0.4 is 10.5 Å². The Bertz CT molecular complexity index is 802. The number of hydrogen-bond donors (Lipinski definition) is 2. The van der Waals surface area contributed by atoms with Gasteiger partial charge in [0, 0.05) is 13.2 Å². The fourth-order valence-electron chi connectivity index (χ4n) is 1.67. The van der Waals surface area contributed by atoms with Crippen molar-refractivity contribution in [2.45, 2.75) is 4.90 Å². The van der Waals surface area contributed by atoms with Crippen LogP contribution in [0.15, 0.2) is 29.4 Å². The fraction of sp³-hybridized carbons (Fsp3) is 0.0909. The van der Waals surface area contributed by atoms with Crippen LogP contribution in [-0.4, -0.2) is 23.9 Å². The molecule has 0 saturated carbocycles. The van der Waals surface area contributed by atoms with Crippen LogP contribution in [0, 0.1) is 5.95 Å². The molecule has 2 aromatic heterocycles. The summed E-state index contributed by atoms with van der Waals surface area (Å²) in [5.74, 6) is -1.37. The van der Waals surface area contributed by atoms with E-state index in [1.165, 1.54) is 17.7 Å². The van der Waals surface area contributed by atoms with Crippen molar-refractivity contribution in [1.82, 2.24) is 9.55 Å². The molecule has 21 heavy (non-hydrogen) atoms. The van der Waals surface area contributed by atoms with Crippen molar-refractivity contribution >= 4 is 33.2 Å². The Labute approximate surface area is 124 Å². The van der Waals surface area contributed by atoms with Gasteiger partial charge in [-0.15, -0.1) is 0 Å². The van der Waals surface area contributed by atoms with E-state index in [0.29, 0.717) is 0 Å². The molecule has 0 saturated heterocycles. The molecule has 0 fully saturated rings. The molecular formula is C11H10ClFN4O3S. The molecule has 0 aliphatic carbocycles. The van der Waals surface area contributed by atoms with Crippen molar-refractivity contribution in [3.8, 4) is 0 Å². The molecule has 0 aliphatic heterocycles. The summed E-state index contributed by atoms with van der Waals surface area (Å²) in [6, 6.07) is 2.37. The molecular weight excluding hydrogens is 323 g/mol. The number of rotatable bonds is 3. The lowest BCUT2D eigenvalue weighted by atomic mass is 10.3. The van der Waals surface area contributed by atoms with Crippen LogP contribution in [0.25, 0.3) is 0 Å². The number of carbonyl (C=O) groups is 1. The second-order valence-corrected chi connectivity index (χ2v) is 6.04. The first-order chi connectivity index (χ1) is 9.70. The summed E-state index contributed by atoms with van der Waals surface area (Å²) in [6.07, 6.45) is 2.25. The largest absolute Gasteiger partial charge is 0.344 e. The van der Waals surface area contributed by atoms with Crippen molar-refractivity contribution in [2.24, 2.45) is 12.2 Å². The van der Waals surface area contributed by atoms with Gasteiger partial charge >= 0.3 is 0 Å². The molecule has 2 heterocycles. The Kier molecular flexibility index (Phi) is 3.99. The smallest absolute Gasteiger partial charge is 0.273 e. The molecule has 7 nitrogen and oxygen atoms in total. The van der Waals surface area contributed by atoms with Crippen molar-refractivity contribution in [2.75, 3.05) is 5.32 Å². The number of nitrogens with zero attached hydrogens (tertiary/aromatic N) is 2. The van der Waals surface area contributed by atoms with Gasteiger partial charge in [-0.1, -0.05) is 11.6 Å². The Morgan fingerprint density at radius 2 is 2.14 bits per heavy atom. The Balaban J connectivity index is 2.36. The van der Waals surface area contributed by atoms with Crippen LogP contribution in [-0.2, 0) is 17.1 Å². The maximum absolute atomic E-state index is 12.7. The highest BCUT2D eigenvalue weighted by Gasteiger charge is 2.24. The molecule has 1 amide bonds. The van der Waals surface area contributed by atoms with E-state index in [-0.39, 0.29) is 21.3 Å². The lowest BCUT2D eigenvalue weighted by molar-refractivity contribution is 0.101. The first-order valence-electron chi connectivity index (χ1n) is 5.50. The Morgan fingerprint density at radius 3 is 2.62 bits per heavy atom. The molecule has 0 bridgehead atoms. The van der Waals surface area contributed by atoms with Gasteiger partial charge in [-0.25, -0.2) is 18.5 Å². The first-order valence-corrected chi connectivity index (χ1v) is 7.43. The number of primary sulfonamides is 1. The minimum Gasteiger partial charge on any atom is -0.344 e. The number of nitrogens with one attached hydrogen (secondary N) is 1. The Morgan fingerprint density at radius 1 is 1.48 bits per heavy atom. The van der Waals surface area contributed by atoms with Gasteiger partial charge < -0.3 is 9.88 Å². The molecule has 112 valence electrons. The summed E-state index contributed by atoms with van der Waals surface area (Å²) in [6.45, 7) is 0. The van der Waals surface area contributed by atoms with Gasteiger partial charge in [-0.05, 0) is 12.1 Å². The van der Waals surface area contributed by atoms with E-state index in [4.69, 9.17) is 16.7 Å². The number of amides is 1. The van der Waals surface area contributed by atoms with Crippen molar-refractivity contribution in [3.63, 3.8) is 0 Å². The number of nitrogens with two attached hydrogens (primary N) is 1. The summed E-state index contributed by atoms with van der Waals surface area (Å²) >= 11 is 5.88. The number of pyridine rings is 1. The number of anilines is 1. The quantitative estimate of drug-likeness (QED) is 0.821. The van der Waals surface area contributed by atoms with Crippen LogP contribution in [0.3, 0.4) is 0 Å². The molecule has 10 heteroatoms. The van der Waals surface area contributed by atoms with Gasteiger partial charge in [-0.2, -0.15) is 4.39 Å². The molecule has 0 radical (unpaired) electrons. The second kappa shape index (κ2) is 5.43. The third-order valence-corrected chi connectivity index (χ3v) is 4.01. The molecule has 0 aliphatic rings. The summed E-state index contributed by atoms with van der Waals surface area (Å²) < 4.78 is 36.6. The highest BCUT2D eigenvalue weighted by Crippen LogP contribution is 2.26. The zero-order chi connectivity index (χ0) is 15.8. The minimum absolute atomic E-state index is 0.0926. The Hall–Kier alpha value is -1.97. The van der Waals surface area contributed by atoms with Gasteiger partial charge in [0.05, 0.1) is 16.9 Å². The summed E-state index contributed by atoms with van der Waals surface area (Å²) in [4.78, 5) is 15.1. The van der Waals surface area contributed by atoms with Crippen LogP contribution in [0.4, 0.5) is 10.1 Å². The average molecular weight is 333 g/mol. The van der Waals surface area contributed by atoms with Gasteiger partial charge in [0.15, 0.2) is 0 Å². The van der Waals surface area contributed by atoms with E-state index >= 15 is 0 Å². The van der Waals surface area contributed by atoms with Crippen molar-refractivity contribution in [3.05, 3.63) is 41.2 Å². The SMILES string of the molecule is Cn1cc(S(N)(=O)=O)c(Cl)c1C(=O)Nc1ccc(F)nc1. The molecule has 2 rings (SSSR count). The maximum atomic E-state index is 12.7. The lowest BCUT2D eigenvalue weighted by Gasteiger charge is -2.06. The van der Waals surface area contributed by atoms with E-state index in [9.17, 15) is 17.6 Å². The summed E-state index contributed by atoms with van der Waals surface area (Å²) in [7, 11) is -2.60. The predicted molar refractivity (Wildman–Crippen MR) is 73.9 cm³/mol. The number of carbonyl (C=O) groups excluding carboxylic acids is 1. The number of aromatic nitrogens is 2. The molecule has 0 aromatic carbocycles. The number of halogens is 2. The minimum atomic E-state index is -4.04. The zero-order valence-corrected chi connectivity index (χ0v) is 12.2. The van der Waals surface area contributed by atoms with E-state index < -0.39 is 21.9 Å². The third-order valence-electron chi connectivity index (χ3n) is 2.59. The highest BCUT2D eigenvalue weighted by molar-refractivity contribution is 7.89. The van der Waals surface area contributed by atoms with Gasteiger partial charge in [0.2, 0.25) is 16.0 Å². The standard InChI is InChI=1S/C11H10ClFN4O3S/c1-17-5-7(21(14,19)20)9(12)10(17)11(18)16-6-2-3-8(13)15-4-6/h2-5H,1H3,(H,16,18)(H2,14,19,20). The number of hydrogen-bond acceptors (Lipinski definition) is 4. The molecule has 0 spiro atoms. The average Bonchev–Trinajstić information content (AvgIpc) is 2.67. The van der Waals surface area contributed by atoms with Crippen LogP contribution in [0.2, 0.25) is 5.02 Å². The molecule has 3 N–H and O–H groups in total. The predicted octanol–water partition coefficient (Wildman–Crippen LogP) is 1.11. The van der Waals surface area contributed by atoms with Gasteiger partial charge in [0.25, 0.3) is 5.91 Å². The van der Waals surface area contributed by atoms with E-state index in [1.807, 2.05) is 0 Å². The topological polar surface area (TPSA) is 107 Å². The summed E-state index contributed by atoms with van der Waals surface area (Å²) in [5, 5.41) is 7.14. The van der Waals surface area contributed by atoms with Crippen molar-refractivity contribution in [1.29, 1.82) is 0 Å². The van der Waals surface area contributed by atoms with Crippen LogP contribution >= 0.6 is 11.6 Å². The van der Waals surface area contributed by atoms with E-state index in [1.54, 1.807) is 0 Å². The monoisotopic (exact) mass is 332 g/mol. The van der Waals surface area contributed by atoms with Crippen LogP contribution in [0.5, 0.6) is 0 Å².